The summed E-state index contributed by atoms with van der Waals surface area (Å²) in [7, 11) is 0. The first-order valence-corrected chi connectivity index (χ1v) is 5.04. The molecule has 2 N–H and O–H groups in total. The second-order valence-electron chi connectivity index (χ2n) is 2.89. The lowest BCUT2D eigenvalue weighted by atomic mass is 10.0. The lowest BCUT2D eigenvalue weighted by Gasteiger charge is -2.04. The van der Waals surface area contributed by atoms with E-state index >= 15 is 0 Å². The van der Waals surface area contributed by atoms with Crippen LogP contribution in [0.4, 0.5) is 4.39 Å². The molecule has 0 saturated carbocycles. The van der Waals surface area contributed by atoms with Crippen molar-refractivity contribution in [2.24, 2.45) is 5.73 Å². The highest BCUT2D eigenvalue weighted by atomic mass is 32.1. The minimum atomic E-state index is -0.260. The highest BCUT2D eigenvalue weighted by molar-refractivity contribution is 7.03. The fourth-order valence-corrected chi connectivity index (χ4v) is 1.86. The summed E-state index contributed by atoms with van der Waals surface area (Å²) in [6.07, 6.45) is 0. The summed E-state index contributed by atoms with van der Waals surface area (Å²) >= 11 is 1.37. The highest BCUT2D eigenvalue weighted by Gasteiger charge is 2.06. The van der Waals surface area contributed by atoms with E-state index in [0.717, 1.165) is 16.8 Å². The van der Waals surface area contributed by atoms with E-state index in [-0.39, 0.29) is 5.82 Å². The van der Waals surface area contributed by atoms with E-state index in [1.54, 1.807) is 6.07 Å². The molecule has 0 amide bonds. The van der Waals surface area contributed by atoms with Crippen LogP contribution in [0.2, 0.25) is 0 Å². The van der Waals surface area contributed by atoms with E-state index in [2.05, 4.69) is 4.37 Å². The van der Waals surface area contributed by atoms with Crippen molar-refractivity contribution in [3.8, 4) is 11.3 Å². The molecule has 2 nitrogen and oxygen atoms in total. The van der Waals surface area contributed by atoms with E-state index in [9.17, 15) is 4.39 Å². The standard InChI is InChI=1S/C10H9FN2S/c11-8-1-2-9(7(5-8)6-12)10-3-4-14-13-10/h1-5H,6,12H2. The van der Waals surface area contributed by atoms with Crippen LogP contribution in [0, 0.1) is 5.82 Å². The van der Waals surface area contributed by atoms with Crippen LogP contribution < -0.4 is 5.73 Å². The van der Waals surface area contributed by atoms with Gasteiger partial charge >= 0.3 is 0 Å². The van der Waals surface area contributed by atoms with Gasteiger partial charge in [-0.1, -0.05) is 0 Å². The first-order chi connectivity index (χ1) is 6.81. The van der Waals surface area contributed by atoms with Crippen molar-refractivity contribution in [3.63, 3.8) is 0 Å². The van der Waals surface area contributed by atoms with Crippen molar-refractivity contribution in [1.29, 1.82) is 0 Å². The van der Waals surface area contributed by atoms with Gasteiger partial charge in [-0.15, -0.1) is 0 Å². The second kappa shape index (κ2) is 3.86. The Labute approximate surface area is 85.4 Å². The molecular formula is C10H9FN2S. The van der Waals surface area contributed by atoms with E-state index in [4.69, 9.17) is 5.73 Å². The molecular weight excluding hydrogens is 199 g/mol. The van der Waals surface area contributed by atoms with E-state index in [0.29, 0.717) is 6.54 Å². The van der Waals surface area contributed by atoms with Gasteiger partial charge in [0.1, 0.15) is 5.82 Å². The molecule has 2 aromatic rings. The van der Waals surface area contributed by atoms with E-state index in [1.165, 1.54) is 23.7 Å². The van der Waals surface area contributed by atoms with Crippen molar-refractivity contribution in [2.75, 3.05) is 0 Å². The summed E-state index contributed by atoms with van der Waals surface area (Å²) in [6, 6.07) is 6.49. The first-order valence-electron chi connectivity index (χ1n) is 4.20. The normalized spacial score (nSPS) is 10.4. The Morgan fingerprint density at radius 2 is 2.21 bits per heavy atom. The molecule has 0 aliphatic rings. The van der Waals surface area contributed by atoms with Crippen LogP contribution in [0.15, 0.2) is 29.6 Å². The zero-order valence-electron chi connectivity index (χ0n) is 7.40. The average molecular weight is 208 g/mol. The minimum Gasteiger partial charge on any atom is -0.326 e. The molecule has 0 spiro atoms. The average Bonchev–Trinajstić information content (AvgIpc) is 2.70. The lowest BCUT2D eigenvalue weighted by Crippen LogP contribution is -1.99. The molecule has 0 saturated heterocycles. The predicted molar refractivity (Wildman–Crippen MR) is 55.4 cm³/mol. The van der Waals surface area contributed by atoms with Crippen LogP contribution in [-0.2, 0) is 6.54 Å². The Kier molecular flexibility index (Phi) is 2.56. The lowest BCUT2D eigenvalue weighted by molar-refractivity contribution is 0.625. The molecule has 0 atom stereocenters. The van der Waals surface area contributed by atoms with Gasteiger partial charge in [-0.25, -0.2) is 4.39 Å². The molecule has 0 aliphatic heterocycles. The Hall–Kier alpha value is -1.26. The van der Waals surface area contributed by atoms with Crippen LogP contribution in [0.5, 0.6) is 0 Å². The van der Waals surface area contributed by atoms with Crippen molar-refractivity contribution in [1.82, 2.24) is 4.37 Å². The number of aromatic nitrogens is 1. The summed E-state index contributed by atoms with van der Waals surface area (Å²) in [5.41, 5.74) is 8.09. The van der Waals surface area contributed by atoms with Gasteiger partial charge in [0.25, 0.3) is 0 Å². The van der Waals surface area contributed by atoms with E-state index < -0.39 is 0 Å². The SMILES string of the molecule is NCc1cc(F)ccc1-c1ccsn1. The van der Waals surface area contributed by atoms with Gasteiger partial charge in [0.05, 0.1) is 5.69 Å². The number of hydrogen-bond acceptors (Lipinski definition) is 3. The second-order valence-corrected chi connectivity index (χ2v) is 3.56. The van der Waals surface area contributed by atoms with Gasteiger partial charge in [0.15, 0.2) is 0 Å². The van der Waals surface area contributed by atoms with Crippen LogP contribution in [0.1, 0.15) is 5.56 Å². The van der Waals surface area contributed by atoms with Gasteiger partial charge in [-0.2, -0.15) is 4.37 Å². The molecule has 0 radical (unpaired) electrons. The quantitative estimate of drug-likeness (QED) is 0.823. The maximum Gasteiger partial charge on any atom is 0.123 e. The number of rotatable bonds is 2. The fraction of sp³-hybridized carbons (Fsp3) is 0.100. The maximum atomic E-state index is 12.9. The molecule has 0 unspecified atom stereocenters. The summed E-state index contributed by atoms with van der Waals surface area (Å²) in [4.78, 5) is 0. The zero-order valence-corrected chi connectivity index (χ0v) is 8.22. The summed E-state index contributed by atoms with van der Waals surface area (Å²) in [6.45, 7) is 0.324. The number of nitrogens with two attached hydrogens (primary N) is 1. The van der Waals surface area contributed by atoms with Gasteiger partial charge < -0.3 is 5.73 Å². The summed E-state index contributed by atoms with van der Waals surface area (Å²) in [5, 5.41) is 1.89. The number of benzene rings is 1. The summed E-state index contributed by atoms with van der Waals surface area (Å²) < 4.78 is 17.1. The van der Waals surface area contributed by atoms with Gasteiger partial charge in [0, 0.05) is 17.5 Å². The van der Waals surface area contributed by atoms with Crippen molar-refractivity contribution in [2.45, 2.75) is 6.54 Å². The van der Waals surface area contributed by atoms with E-state index in [1.807, 2.05) is 11.4 Å². The molecule has 1 aromatic heterocycles. The number of halogens is 1. The van der Waals surface area contributed by atoms with Gasteiger partial charge in [0.2, 0.25) is 0 Å². The molecule has 4 heteroatoms. The fourth-order valence-electron chi connectivity index (χ4n) is 1.33. The maximum absolute atomic E-state index is 12.9. The third-order valence-corrected chi connectivity index (χ3v) is 2.56. The largest absolute Gasteiger partial charge is 0.326 e. The van der Waals surface area contributed by atoms with Crippen LogP contribution in [0.3, 0.4) is 0 Å². The molecule has 72 valence electrons. The predicted octanol–water partition coefficient (Wildman–Crippen LogP) is 2.41. The Balaban J connectivity index is 2.53. The highest BCUT2D eigenvalue weighted by Crippen LogP contribution is 2.23. The van der Waals surface area contributed by atoms with Crippen molar-refractivity contribution in [3.05, 3.63) is 41.0 Å². The van der Waals surface area contributed by atoms with Gasteiger partial charge in [-0.05, 0) is 41.4 Å². The van der Waals surface area contributed by atoms with Crippen LogP contribution in [-0.4, -0.2) is 4.37 Å². The monoisotopic (exact) mass is 208 g/mol. The molecule has 0 bridgehead atoms. The summed E-state index contributed by atoms with van der Waals surface area (Å²) in [5.74, 6) is -0.260. The first kappa shape index (κ1) is 9.30. The molecule has 1 heterocycles. The number of nitrogens with zero attached hydrogens (tertiary/aromatic N) is 1. The van der Waals surface area contributed by atoms with Gasteiger partial charge in [-0.3, -0.25) is 0 Å². The molecule has 0 fully saturated rings. The van der Waals surface area contributed by atoms with Crippen molar-refractivity contribution >= 4 is 11.5 Å². The Morgan fingerprint density at radius 3 is 2.86 bits per heavy atom. The molecule has 14 heavy (non-hydrogen) atoms. The Bertz CT molecular complexity index is 426. The minimum absolute atomic E-state index is 0.260. The number of hydrogen-bond donors (Lipinski definition) is 1. The molecule has 2 rings (SSSR count). The topological polar surface area (TPSA) is 38.9 Å². The Morgan fingerprint density at radius 1 is 1.36 bits per heavy atom. The third kappa shape index (κ3) is 1.66. The molecule has 0 aliphatic carbocycles. The van der Waals surface area contributed by atoms with Crippen LogP contribution >= 0.6 is 11.5 Å². The third-order valence-electron chi connectivity index (χ3n) is 2.00. The zero-order chi connectivity index (χ0) is 9.97. The van der Waals surface area contributed by atoms with Crippen LogP contribution in [0.25, 0.3) is 11.3 Å². The smallest absolute Gasteiger partial charge is 0.123 e. The molecule has 1 aromatic carbocycles. The van der Waals surface area contributed by atoms with Crippen molar-refractivity contribution < 1.29 is 4.39 Å².